The zero-order chi connectivity index (χ0) is 17.8. The average molecular weight is 328 g/mol. The fraction of sp³-hybridized carbons (Fsp3) is 0.714. The van der Waals surface area contributed by atoms with E-state index in [0.29, 0.717) is 6.42 Å². The Labute approximate surface area is 134 Å². The topological polar surface area (TPSA) is 127 Å². The Bertz CT molecular complexity index is 569. The molecule has 0 aromatic carbocycles. The number of carbonyl (C=O) groups excluding carboxylic acids is 1. The molecular formula is C14H24N4O5. The summed E-state index contributed by atoms with van der Waals surface area (Å²) in [7, 11) is 0. The van der Waals surface area contributed by atoms with E-state index in [1.807, 2.05) is 0 Å². The minimum Gasteiger partial charge on any atom is -0.476 e. The minimum absolute atomic E-state index is 0.0879. The molecule has 0 atom stereocenters. The molecule has 0 bridgehead atoms. The van der Waals surface area contributed by atoms with Crippen molar-refractivity contribution < 1.29 is 24.5 Å². The second kappa shape index (κ2) is 6.95. The van der Waals surface area contributed by atoms with Crippen LogP contribution in [0.4, 0.5) is 4.79 Å². The van der Waals surface area contributed by atoms with Gasteiger partial charge in [0.05, 0.1) is 17.8 Å². The fourth-order valence-corrected chi connectivity index (χ4v) is 1.70. The van der Waals surface area contributed by atoms with Gasteiger partial charge >= 0.3 is 12.1 Å². The maximum atomic E-state index is 11.7. The lowest BCUT2D eigenvalue weighted by Crippen LogP contribution is -2.33. The summed E-state index contributed by atoms with van der Waals surface area (Å²) in [6.07, 6.45) is -0.307. The molecule has 9 heteroatoms. The Morgan fingerprint density at radius 3 is 2.35 bits per heavy atom. The van der Waals surface area contributed by atoms with Gasteiger partial charge in [-0.3, -0.25) is 0 Å². The molecule has 1 rings (SSSR count). The number of carbonyl (C=O) groups is 2. The molecule has 1 aromatic heterocycles. The predicted molar refractivity (Wildman–Crippen MR) is 81.0 cm³/mol. The van der Waals surface area contributed by atoms with Crippen LogP contribution in [0, 0.1) is 0 Å². The summed E-state index contributed by atoms with van der Waals surface area (Å²) in [5, 5.41) is 28.8. The molecule has 3 N–H and O–H groups in total. The van der Waals surface area contributed by atoms with Crippen molar-refractivity contribution in [2.24, 2.45) is 0 Å². The van der Waals surface area contributed by atoms with Crippen molar-refractivity contribution in [3.8, 4) is 0 Å². The van der Waals surface area contributed by atoms with E-state index in [2.05, 4.69) is 15.6 Å². The third-order valence-electron chi connectivity index (χ3n) is 2.77. The van der Waals surface area contributed by atoms with Gasteiger partial charge in [0, 0.05) is 6.54 Å². The zero-order valence-electron chi connectivity index (χ0n) is 14.1. The molecule has 0 saturated carbocycles. The highest BCUT2D eigenvalue weighted by Crippen LogP contribution is 2.13. The molecule has 0 aliphatic heterocycles. The van der Waals surface area contributed by atoms with E-state index in [-0.39, 0.29) is 24.5 Å². The van der Waals surface area contributed by atoms with Crippen LogP contribution in [-0.2, 0) is 17.8 Å². The van der Waals surface area contributed by atoms with Gasteiger partial charge in [-0.05, 0) is 41.0 Å². The standard InChI is InChI=1S/C14H24N4O5/c1-13(2,3)23-12(21)15-8-9-10(11(19)20)16-17-18(9)7-6-14(4,5)22/h22H,6-8H2,1-5H3,(H,15,21)(H,19,20). The first kappa shape index (κ1) is 18.9. The summed E-state index contributed by atoms with van der Waals surface area (Å²) in [4.78, 5) is 22.9. The summed E-state index contributed by atoms with van der Waals surface area (Å²) < 4.78 is 6.46. The minimum atomic E-state index is -1.24. The van der Waals surface area contributed by atoms with E-state index in [9.17, 15) is 14.7 Å². The van der Waals surface area contributed by atoms with Crippen molar-refractivity contribution in [2.75, 3.05) is 0 Å². The van der Waals surface area contributed by atoms with Gasteiger partial charge in [-0.25, -0.2) is 14.3 Å². The van der Waals surface area contributed by atoms with Gasteiger partial charge < -0.3 is 20.3 Å². The van der Waals surface area contributed by atoms with Crippen molar-refractivity contribution in [3.63, 3.8) is 0 Å². The summed E-state index contributed by atoms with van der Waals surface area (Å²) in [5.74, 6) is -1.24. The van der Waals surface area contributed by atoms with Crippen LogP contribution >= 0.6 is 0 Å². The molecule has 0 unspecified atom stereocenters. The predicted octanol–water partition coefficient (Wildman–Crippen LogP) is 1.16. The number of aromatic nitrogens is 3. The number of amides is 1. The first-order chi connectivity index (χ1) is 10.4. The first-order valence-electron chi connectivity index (χ1n) is 7.24. The third kappa shape index (κ3) is 6.64. The normalized spacial score (nSPS) is 12.1. The highest BCUT2D eigenvalue weighted by atomic mass is 16.6. The second-order valence-corrected chi connectivity index (χ2v) is 6.83. The van der Waals surface area contributed by atoms with Gasteiger partial charge in [-0.1, -0.05) is 5.21 Å². The summed E-state index contributed by atoms with van der Waals surface area (Å²) >= 11 is 0. The summed E-state index contributed by atoms with van der Waals surface area (Å²) in [6.45, 7) is 8.64. The molecule has 9 nitrogen and oxygen atoms in total. The largest absolute Gasteiger partial charge is 0.476 e. The lowest BCUT2D eigenvalue weighted by molar-refractivity contribution is 0.0515. The average Bonchev–Trinajstić information content (AvgIpc) is 2.73. The highest BCUT2D eigenvalue weighted by molar-refractivity contribution is 5.86. The van der Waals surface area contributed by atoms with Crippen molar-refractivity contribution in [1.82, 2.24) is 20.3 Å². The smallest absolute Gasteiger partial charge is 0.407 e. The van der Waals surface area contributed by atoms with E-state index in [1.54, 1.807) is 34.6 Å². The SMILES string of the molecule is CC(C)(O)CCn1nnc(C(=O)O)c1CNC(=O)OC(C)(C)C. The Balaban J connectivity index is 2.83. The summed E-state index contributed by atoms with van der Waals surface area (Å²) in [6, 6.07) is 0. The lowest BCUT2D eigenvalue weighted by Gasteiger charge is -2.20. The number of alkyl carbamates (subject to hydrolysis) is 1. The van der Waals surface area contributed by atoms with E-state index in [4.69, 9.17) is 9.84 Å². The molecule has 23 heavy (non-hydrogen) atoms. The number of aliphatic hydroxyl groups is 1. The molecule has 0 aliphatic carbocycles. The van der Waals surface area contributed by atoms with Gasteiger partial charge in [-0.15, -0.1) is 5.10 Å². The number of aryl methyl sites for hydroxylation is 1. The number of carboxylic acids is 1. The van der Waals surface area contributed by atoms with Gasteiger partial charge in [0.25, 0.3) is 0 Å². The maximum Gasteiger partial charge on any atom is 0.407 e. The molecule has 0 spiro atoms. The molecular weight excluding hydrogens is 304 g/mol. The molecule has 0 fully saturated rings. The number of hydrogen-bond acceptors (Lipinski definition) is 6. The Kier molecular flexibility index (Phi) is 5.70. The van der Waals surface area contributed by atoms with Crippen LogP contribution in [-0.4, -0.2) is 48.5 Å². The maximum absolute atomic E-state index is 11.7. The van der Waals surface area contributed by atoms with E-state index in [1.165, 1.54) is 4.68 Å². The van der Waals surface area contributed by atoms with Crippen molar-refractivity contribution in [1.29, 1.82) is 0 Å². The quantitative estimate of drug-likeness (QED) is 0.715. The first-order valence-corrected chi connectivity index (χ1v) is 7.24. The van der Waals surface area contributed by atoms with Crippen LogP contribution in [0.1, 0.15) is 57.2 Å². The number of nitrogens with one attached hydrogen (secondary N) is 1. The van der Waals surface area contributed by atoms with Crippen LogP contribution < -0.4 is 5.32 Å². The number of hydrogen-bond donors (Lipinski definition) is 3. The monoisotopic (exact) mass is 328 g/mol. The lowest BCUT2D eigenvalue weighted by atomic mass is 10.1. The third-order valence-corrected chi connectivity index (χ3v) is 2.77. The van der Waals surface area contributed by atoms with Gasteiger partial charge in [-0.2, -0.15) is 0 Å². The molecule has 1 amide bonds. The Morgan fingerprint density at radius 2 is 1.87 bits per heavy atom. The van der Waals surface area contributed by atoms with Gasteiger partial charge in [0.2, 0.25) is 0 Å². The van der Waals surface area contributed by atoms with Crippen molar-refractivity contribution in [3.05, 3.63) is 11.4 Å². The molecule has 1 aromatic rings. The fourth-order valence-electron chi connectivity index (χ4n) is 1.70. The number of nitrogens with zero attached hydrogens (tertiary/aromatic N) is 3. The van der Waals surface area contributed by atoms with Crippen molar-refractivity contribution in [2.45, 2.75) is 65.3 Å². The van der Waals surface area contributed by atoms with Gasteiger partial charge in [0.15, 0.2) is 5.69 Å². The Hall–Kier alpha value is -2.16. The molecule has 130 valence electrons. The zero-order valence-corrected chi connectivity index (χ0v) is 14.1. The number of rotatable bonds is 6. The molecule has 1 heterocycles. The van der Waals surface area contributed by atoms with Crippen LogP contribution in [0.3, 0.4) is 0 Å². The van der Waals surface area contributed by atoms with Crippen LogP contribution in [0.2, 0.25) is 0 Å². The van der Waals surface area contributed by atoms with E-state index < -0.39 is 23.3 Å². The summed E-state index contributed by atoms with van der Waals surface area (Å²) in [5.41, 5.74) is -1.57. The number of carboxylic acid groups (broad SMARTS) is 1. The molecule has 0 aliphatic rings. The van der Waals surface area contributed by atoms with Crippen LogP contribution in [0.25, 0.3) is 0 Å². The van der Waals surface area contributed by atoms with Crippen LogP contribution in [0.15, 0.2) is 0 Å². The number of ether oxygens (including phenoxy) is 1. The second-order valence-electron chi connectivity index (χ2n) is 6.83. The highest BCUT2D eigenvalue weighted by Gasteiger charge is 2.22. The van der Waals surface area contributed by atoms with E-state index in [0.717, 1.165) is 0 Å². The molecule has 0 radical (unpaired) electrons. The van der Waals surface area contributed by atoms with Crippen molar-refractivity contribution >= 4 is 12.1 Å². The van der Waals surface area contributed by atoms with E-state index >= 15 is 0 Å². The van der Waals surface area contributed by atoms with Gasteiger partial charge in [0.1, 0.15) is 5.60 Å². The van der Waals surface area contributed by atoms with Crippen LogP contribution in [0.5, 0.6) is 0 Å². The number of aromatic carboxylic acids is 1. The Morgan fingerprint density at radius 1 is 1.26 bits per heavy atom. The molecule has 0 saturated heterocycles.